The fourth-order valence-corrected chi connectivity index (χ4v) is 3.18. The Kier molecular flexibility index (Phi) is 8.28. The molecule has 0 aromatic heterocycles. The van der Waals surface area contributed by atoms with Gasteiger partial charge in [-0.25, -0.2) is 9.59 Å². The number of rotatable bonds is 11. The lowest BCUT2D eigenvalue weighted by Crippen LogP contribution is -2.26. The summed E-state index contributed by atoms with van der Waals surface area (Å²) in [5.74, 6) is -3.57. The van der Waals surface area contributed by atoms with Gasteiger partial charge in [0.1, 0.15) is 0 Å². The van der Waals surface area contributed by atoms with E-state index in [1.54, 1.807) is 12.1 Å². The zero-order valence-corrected chi connectivity index (χ0v) is 17.2. The Bertz CT molecular complexity index is 1020. The number of nitrogens with zero attached hydrogens (tertiary/aromatic N) is 1. The van der Waals surface area contributed by atoms with Gasteiger partial charge in [0.05, 0.1) is 17.5 Å². The topological polar surface area (TPSA) is 115 Å². The quantitative estimate of drug-likeness (QED) is 0.467. The Morgan fingerprint density at radius 1 is 0.935 bits per heavy atom. The van der Waals surface area contributed by atoms with E-state index in [-0.39, 0.29) is 30.6 Å². The summed E-state index contributed by atoms with van der Waals surface area (Å²) in [7, 11) is 0. The monoisotopic (exact) mass is 423 g/mol. The van der Waals surface area contributed by atoms with E-state index in [1.807, 2.05) is 42.2 Å². The predicted molar refractivity (Wildman–Crippen MR) is 117 cm³/mol. The highest BCUT2D eigenvalue weighted by atomic mass is 16.4. The molecule has 2 aromatic rings. The molecular formula is C24H25NO6. The summed E-state index contributed by atoms with van der Waals surface area (Å²) in [4.78, 5) is 35.7. The first-order chi connectivity index (χ1) is 14.7. The van der Waals surface area contributed by atoms with Crippen molar-refractivity contribution in [3.8, 4) is 0 Å². The lowest BCUT2D eigenvalue weighted by molar-refractivity contribution is -0.137. The van der Waals surface area contributed by atoms with Gasteiger partial charge in [-0.1, -0.05) is 49.1 Å². The average molecular weight is 423 g/mol. The van der Waals surface area contributed by atoms with Crippen LogP contribution in [-0.2, 0) is 17.9 Å². The summed E-state index contributed by atoms with van der Waals surface area (Å²) < 4.78 is 0. The van der Waals surface area contributed by atoms with E-state index >= 15 is 0 Å². The van der Waals surface area contributed by atoms with Crippen LogP contribution in [0.1, 0.15) is 49.4 Å². The maximum atomic E-state index is 11.5. The second kappa shape index (κ2) is 10.9. The third-order valence-electron chi connectivity index (χ3n) is 4.75. The zero-order chi connectivity index (χ0) is 23.0. The molecule has 0 aliphatic heterocycles. The number of carboxylic acids is 3. The molecule has 2 rings (SSSR count). The van der Waals surface area contributed by atoms with Crippen LogP contribution in [0.4, 0.5) is 0 Å². The number of hydrogen-bond donors (Lipinski definition) is 3. The highest BCUT2D eigenvalue weighted by Crippen LogP contribution is 2.19. The Hall–Kier alpha value is -3.71. The van der Waals surface area contributed by atoms with Crippen LogP contribution >= 0.6 is 0 Å². The fraction of sp³-hybridized carbons (Fsp3) is 0.208. The smallest absolute Gasteiger partial charge is 0.336 e. The van der Waals surface area contributed by atoms with Gasteiger partial charge in [0.25, 0.3) is 0 Å². The Morgan fingerprint density at radius 2 is 1.55 bits per heavy atom. The largest absolute Gasteiger partial charge is 0.481 e. The number of aromatic carboxylic acids is 2. The Labute approximate surface area is 180 Å². The first-order valence-corrected chi connectivity index (χ1v) is 9.63. The number of aryl methyl sites for hydroxylation is 1. The molecule has 3 N–H and O–H groups in total. The van der Waals surface area contributed by atoms with Crippen molar-refractivity contribution in [3.63, 3.8) is 0 Å². The van der Waals surface area contributed by atoms with Crippen molar-refractivity contribution >= 4 is 24.0 Å². The van der Waals surface area contributed by atoms with Gasteiger partial charge in [0.2, 0.25) is 0 Å². The van der Waals surface area contributed by atoms with Crippen molar-refractivity contribution in [1.82, 2.24) is 4.90 Å². The minimum Gasteiger partial charge on any atom is -0.481 e. The third-order valence-corrected chi connectivity index (χ3v) is 4.75. The van der Waals surface area contributed by atoms with E-state index in [9.17, 15) is 24.6 Å². The van der Waals surface area contributed by atoms with Crippen molar-refractivity contribution in [2.24, 2.45) is 0 Å². The molecule has 31 heavy (non-hydrogen) atoms. The lowest BCUT2D eigenvalue weighted by atomic mass is 10.0. The molecule has 0 heterocycles. The number of benzene rings is 2. The molecule has 0 bridgehead atoms. The molecule has 162 valence electrons. The van der Waals surface area contributed by atoms with Crippen LogP contribution in [-0.4, -0.2) is 44.7 Å². The summed E-state index contributed by atoms with van der Waals surface area (Å²) in [5.41, 5.74) is 3.09. The number of carbonyl (C=O) groups is 3. The lowest BCUT2D eigenvalue weighted by Gasteiger charge is -2.23. The number of allylic oxidation sites excluding steroid dienone is 2. The summed E-state index contributed by atoms with van der Waals surface area (Å²) in [6, 6.07) is 10.1. The predicted octanol–water partition coefficient (Wildman–Crippen LogP) is 4.07. The van der Waals surface area contributed by atoms with Crippen molar-refractivity contribution in [2.45, 2.75) is 26.4 Å². The van der Waals surface area contributed by atoms with Gasteiger partial charge in [-0.05, 0) is 41.3 Å². The van der Waals surface area contributed by atoms with Crippen LogP contribution in [0.5, 0.6) is 0 Å². The molecule has 0 atom stereocenters. The van der Waals surface area contributed by atoms with E-state index < -0.39 is 17.9 Å². The van der Waals surface area contributed by atoms with Crippen LogP contribution in [0.2, 0.25) is 0 Å². The molecule has 2 aromatic carbocycles. The molecule has 0 spiro atoms. The van der Waals surface area contributed by atoms with Crippen molar-refractivity contribution in [1.29, 1.82) is 0 Å². The van der Waals surface area contributed by atoms with Crippen LogP contribution in [0.25, 0.3) is 6.08 Å². The molecular weight excluding hydrogens is 398 g/mol. The molecule has 0 aliphatic rings. The average Bonchev–Trinajstić information content (AvgIpc) is 2.72. The van der Waals surface area contributed by atoms with Gasteiger partial charge in [0.15, 0.2) is 0 Å². The third kappa shape index (κ3) is 6.94. The number of hydrogen-bond acceptors (Lipinski definition) is 4. The van der Waals surface area contributed by atoms with Crippen LogP contribution in [0, 0.1) is 6.92 Å². The number of carboxylic acid groups (broad SMARTS) is 3. The van der Waals surface area contributed by atoms with E-state index in [0.29, 0.717) is 12.1 Å². The van der Waals surface area contributed by atoms with Gasteiger partial charge in [-0.3, -0.25) is 9.69 Å². The van der Waals surface area contributed by atoms with Gasteiger partial charge >= 0.3 is 17.9 Å². The van der Waals surface area contributed by atoms with Gasteiger partial charge in [-0.2, -0.15) is 0 Å². The van der Waals surface area contributed by atoms with Gasteiger partial charge in [-0.15, -0.1) is 0 Å². The second-order valence-electron chi connectivity index (χ2n) is 7.13. The van der Waals surface area contributed by atoms with Crippen LogP contribution in [0.15, 0.2) is 55.1 Å². The Morgan fingerprint density at radius 3 is 2.13 bits per heavy atom. The van der Waals surface area contributed by atoms with E-state index in [1.165, 1.54) is 12.1 Å². The first-order valence-electron chi connectivity index (χ1n) is 9.63. The number of aliphatic carboxylic acids is 1. The summed E-state index contributed by atoms with van der Waals surface area (Å²) in [6.07, 6.45) is 5.39. The minimum atomic E-state index is -1.33. The molecule has 0 saturated carbocycles. The maximum absolute atomic E-state index is 11.5. The van der Waals surface area contributed by atoms with Crippen molar-refractivity contribution in [3.05, 3.63) is 88.5 Å². The molecule has 0 aliphatic carbocycles. The van der Waals surface area contributed by atoms with Crippen molar-refractivity contribution < 1.29 is 29.7 Å². The SMILES string of the molecule is C=C/C=C\c1cc(CN(CCC(=O)O)Cc2ccc(C(=O)O)c(C(=O)O)c2)ccc1C. The van der Waals surface area contributed by atoms with E-state index in [2.05, 4.69) is 6.58 Å². The summed E-state index contributed by atoms with van der Waals surface area (Å²) in [6.45, 7) is 6.64. The fourth-order valence-electron chi connectivity index (χ4n) is 3.18. The van der Waals surface area contributed by atoms with Crippen LogP contribution < -0.4 is 0 Å². The molecule has 7 heteroatoms. The standard InChI is InChI=1S/C24H25NO6/c1-3-4-5-19-12-17(7-6-16(19)2)14-25(11-10-22(26)27)15-18-8-9-20(23(28)29)21(13-18)24(30)31/h3-9,12-13H,1,10-11,14-15H2,2H3,(H,26,27)(H,28,29)(H,30,31)/b5-4-. The molecule has 7 nitrogen and oxygen atoms in total. The zero-order valence-electron chi connectivity index (χ0n) is 17.2. The molecule has 0 radical (unpaired) electrons. The van der Waals surface area contributed by atoms with Crippen molar-refractivity contribution in [2.75, 3.05) is 6.54 Å². The second-order valence-corrected chi connectivity index (χ2v) is 7.13. The minimum absolute atomic E-state index is 0.0753. The Balaban J connectivity index is 2.31. The summed E-state index contributed by atoms with van der Waals surface area (Å²) in [5, 5.41) is 27.6. The highest BCUT2D eigenvalue weighted by molar-refractivity contribution is 6.01. The van der Waals surface area contributed by atoms with E-state index in [0.717, 1.165) is 16.7 Å². The van der Waals surface area contributed by atoms with Gasteiger partial charge in [0, 0.05) is 19.6 Å². The maximum Gasteiger partial charge on any atom is 0.336 e. The normalized spacial score (nSPS) is 11.0. The van der Waals surface area contributed by atoms with Crippen LogP contribution in [0.3, 0.4) is 0 Å². The summed E-state index contributed by atoms with van der Waals surface area (Å²) >= 11 is 0. The van der Waals surface area contributed by atoms with Gasteiger partial charge < -0.3 is 15.3 Å². The first kappa shape index (κ1) is 23.6. The molecule has 0 amide bonds. The molecule has 0 unspecified atom stereocenters. The molecule has 0 fully saturated rings. The highest BCUT2D eigenvalue weighted by Gasteiger charge is 2.18. The molecule has 0 saturated heterocycles. The van der Waals surface area contributed by atoms with E-state index in [4.69, 9.17) is 5.11 Å².